The molecule has 0 saturated carbocycles. The van der Waals surface area contributed by atoms with E-state index in [1.54, 1.807) is 0 Å². The first-order chi connectivity index (χ1) is 24.4. The predicted octanol–water partition coefficient (Wildman–Crippen LogP) is 13.0. The van der Waals surface area contributed by atoms with Crippen molar-refractivity contribution < 1.29 is 0 Å². The molecule has 1 aliphatic rings. The molecule has 10 aromatic rings. The maximum Gasteiger partial charge on any atom is 0.0544 e. The zero-order valence-electron chi connectivity index (χ0n) is 26.6. The van der Waals surface area contributed by atoms with Crippen molar-refractivity contribution in [2.75, 3.05) is 0 Å². The lowest BCUT2D eigenvalue weighted by atomic mass is 9.77. The Hall–Kier alpha value is -5.83. The number of aromatic nitrogens is 1. The Morgan fingerprint density at radius 2 is 0.776 bits per heavy atom. The lowest BCUT2D eigenvalue weighted by Crippen LogP contribution is -2.13. The lowest BCUT2D eigenvalue weighted by molar-refractivity contribution is 0.948. The topological polar surface area (TPSA) is 4.93 Å². The van der Waals surface area contributed by atoms with Gasteiger partial charge >= 0.3 is 0 Å². The number of rotatable bonds is 2. The average molecular weight is 640 g/mol. The van der Waals surface area contributed by atoms with E-state index < -0.39 is 0 Å². The quantitative estimate of drug-likeness (QED) is 0.170. The van der Waals surface area contributed by atoms with E-state index in [1.165, 1.54) is 97.1 Å². The molecule has 11 rings (SSSR count). The molecule has 0 fully saturated rings. The molecule has 0 radical (unpaired) electrons. The molecule has 0 spiro atoms. The summed E-state index contributed by atoms with van der Waals surface area (Å²) in [4.78, 5) is 2.74. The zero-order chi connectivity index (χ0) is 32.1. The van der Waals surface area contributed by atoms with Crippen LogP contribution < -0.4 is 0 Å². The summed E-state index contributed by atoms with van der Waals surface area (Å²) in [7, 11) is 0. The summed E-state index contributed by atoms with van der Waals surface area (Å²) in [5.41, 5.74) is 7.83. The Morgan fingerprint density at radius 1 is 0.347 bits per heavy atom. The minimum Gasteiger partial charge on any atom is -0.309 e. The molecule has 1 nitrogen and oxygen atoms in total. The van der Waals surface area contributed by atoms with Gasteiger partial charge in [-0.3, -0.25) is 0 Å². The van der Waals surface area contributed by atoms with E-state index in [9.17, 15) is 0 Å². The molecular weight excluding hydrogens is 611 g/mol. The maximum atomic E-state index is 2.45. The van der Waals surface area contributed by atoms with Crippen LogP contribution >= 0.6 is 11.8 Å². The smallest absolute Gasteiger partial charge is 0.0544 e. The number of benzene rings is 9. The van der Waals surface area contributed by atoms with Gasteiger partial charge < -0.3 is 4.57 Å². The summed E-state index contributed by atoms with van der Waals surface area (Å²) < 4.78 is 2.45. The van der Waals surface area contributed by atoms with Crippen molar-refractivity contribution in [3.05, 3.63) is 187 Å². The van der Waals surface area contributed by atoms with E-state index in [0.717, 1.165) is 0 Å². The first kappa shape index (κ1) is 27.2. The van der Waals surface area contributed by atoms with Gasteiger partial charge in [0.15, 0.2) is 0 Å². The van der Waals surface area contributed by atoms with Crippen molar-refractivity contribution in [1.82, 2.24) is 4.57 Å². The molecular formula is C47H29NS. The van der Waals surface area contributed by atoms with E-state index in [2.05, 4.69) is 174 Å². The van der Waals surface area contributed by atoms with E-state index in [1.807, 2.05) is 11.8 Å². The molecule has 1 aliphatic heterocycles. The summed E-state index contributed by atoms with van der Waals surface area (Å²) in [5, 5.41) is 13.2. The molecule has 0 saturated heterocycles. The second-order valence-corrected chi connectivity index (χ2v) is 14.2. The first-order valence-electron chi connectivity index (χ1n) is 17.0. The van der Waals surface area contributed by atoms with Gasteiger partial charge in [-0.1, -0.05) is 157 Å². The molecule has 0 amide bonds. The van der Waals surface area contributed by atoms with Crippen LogP contribution in [0.3, 0.4) is 0 Å². The highest BCUT2D eigenvalue weighted by atomic mass is 32.2. The summed E-state index contributed by atoms with van der Waals surface area (Å²) in [5.74, 6) is 0.00833. The van der Waals surface area contributed by atoms with Crippen LogP contribution in [0.15, 0.2) is 180 Å². The highest BCUT2D eigenvalue weighted by molar-refractivity contribution is 8.00. The van der Waals surface area contributed by atoms with Crippen LogP contribution in [-0.2, 0) is 0 Å². The summed E-state index contributed by atoms with van der Waals surface area (Å²) in [6, 6.07) is 63.0. The monoisotopic (exact) mass is 639 g/mol. The minimum atomic E-state index is 0.00833. The molecule has 228 valence electrons. The van der Waals surface area contributed by atoms with Gasteiger partial charge in [0, 0.05) is 32.2 Å². The minimum absolute atomic E-state index is 0.00833. The fraction of sp³-hybridized carbons (Fsp3) is 0.0213. The van der Waals surface area contributed by atoms with Crippen LogP contribution in [0.1, 0.15) is 22.6 Å². The van der Waals surface area contributed by atoms with E-state index in [4.69, 9.17) is 0 Å². The summed E-state index contributed by atoms with van der Waals surface area (Å²) in [6.45, 7) is 0. The molecule has 9 aromatic carbocycles. The van der Waals surface area contributed by atoms with Gasteiger partial charge in [-0.15, -0.1) is 0 Å². The van der Waals surface area contributed by atoms with Crippen LogP contribution in [0.5, 0.6) is 0 Å². The fourth-order valence-corrected chi connectivity index (χ4v) is 10.2. The van der Waals surface area contributed by atoms with Gasteiger partial charge in [-0.2, -0.15) is 0 Å². The van der Waals surface area contributed by atoms with Crippen molar-refractivity contribution in [3.8, 4) is 5.69 Å². The number of fused-ring (bicyclic) bond motifs is 15. The normalized spacial score (nSPS) is 13.1. The van der Waals surface area contributed by atoms with E-state index in [0.29, 0.717) is 0 Å². The highest BCUT2D eigenvalue weighted by Gasteiger charge is 2.35. The predicted molar refractivity (Wildman–Crippen MR) is 209 cm³/mol. The van der Waals surface area contributed by atoms with Crippen molar-refractivity contribution in [3.63, 3.8) is 0 Å². The maximum absolute atomic E-state index is 2.45. The Bertz CT molecular complexity index is 2850. The van der Waals surface area contributed by atoms with Crippen molar-refractivity contribution in [2.24, 2.45) is 0 Å². The molecule has 1 aromatic heterocycles. The highest BCUT2D eigenvalue weighted by Crippen LogP contribution is 2.58. The fourth-order valence-electron chi connectivity index (χ4n) is 8.77. The average Bonchev–Trinajstić information content (AvgIpc) is 3.52. The molecule has 0 atom stereocenters. The first-order valence-corrected chi connectivity index (χ1v) is 17.8. The molecule has 2 heterocycles. The lowest BCUT2D eigenvalue weighted by Gasteiger charge is -2.33. The largest absolute Gasteiger partial charge is 0.309 e. The van der Waals surface area contributed by atoms with E-state index in [-0.39, 0.29) is 5.92 Å². The Balaban J connectivity index is 1.38. The molecule has 2 heteroatoms. The van der Waals surface area contributed by atoms with Crippen LogP contribution in [0.25, 0.3) is 70.6 Å². The second kappa shape index (κ2) is 10.3. The zero-order valence-corrected chi connectivity index (χ0v) is 27.4. The van der Waals surface area contributed by atoms with Crippen LogP contribution in [-0.4, -0.2) is 4.57 Å². The summed E-state index contributed by atoms with van der Waals surface area (Å²) >= 11 is 1.98. The standard InChI is InChI=1S/C47H29NS/c1-2-15-29(16-3-1)48-40-27-13-12-25-38(40)42-39(26-14-28-41(42)48)43-44-34-21-8-4-17-30(34)32-19-6-10-23-36(32)46(44)49-47-37-24-11-7-20-33(37)31-18-5-9-22-35(31)45(43)47/h1-28,43H. The van der Waals surface area contributed by atoms with Crippen LogP contribution in [0.4, 0.5) is 0 Å². The van der Waals surface area contributed by atoms with Gasteiger partial charge in [0.1, 0.15) is 0 Å². The third-order valence-electron chi connectivity index (χ3n) is 10.7. The molecule has 0 aliphatic carbocycles. The van der Waals surface area contributed by atoms with Crippen molar-refractivity contribution in [1.29, 1.82) is 0 Å². The SMILES string of the molecule is c1ccc(-n2c3ccccc3c3c(C4c5c(c6ccccc6c6ccccc56)Sc5c4c4ccccc4c4ccccc54)cccc32)cc1. The number of nitrogens with zero attached hydrogens (tertiary/aromatic N) is 1. The van der Waals surface area contributed by atoms with E-state index >= 15 is 0 Å². The van der Waals surface area contributed by atoms with Crippen LogP contribution in [0.2, 0.25) is 0 Å². The van der Waals surface area contributed by atoms with Gasteiger partial charge in [-0.05, 0) is 84.0 Å². The Kier molecular flexibility index (Phi) is 5.73. The third-order valence-corrected chi connectivity index (χ3v) is 12.0. The van der Waals surface area contributed by atoms with Gasteiger partial charge in [0.25, 0.3) is 0 Å². The molecule has 0 bridgehead atoms. The summed E-state index contributed by atoms with van der Waals surface area (Å²) in [6.07, 6.45) is 0. The van der Waals surface area contributed by atoms with Gasteiger partial charge in [-0.25, -0.2) is 0 Å². The second-order valence-electron chi connectivity index (χ2n) is 13.1. The number of hydrogen-bond acceptors (Lipinski definition) is 1. The molecule has 0 unspecified atom stereocenters. The molecule has 0 N–H and O–H groups in total. The Labute approximate surface area is 288 Å². The van der Waals surface area contributed by atoms with Crippen molar-refractivity contribution >= 4 is 76.7 Å². The van der Waals surface area contributed by atoms with Gasteiger partial charge in [0.2, 0.25) is 0 Å². The van der Waals surface area contributed by atoms with Crippen LogP contribution in [0, 0.1) is 0 Å². The van der Waals surface area contributed by atoms with Gasteiger partial charge in [0.05, 0.1) is 11.0 Å². The number of hydrogen-bond donors (Lipinski definition) is 0. The number of para-hydroxylation sites is 2. The third kappa shape index (κ3) is 3.72. The van der Waals surface area contributed by atoms with Crippen molar-refractivity contribution in [2.45, 2.75) is 15.7 Å². The Morgan fingerprint density at radius 3 is 1.35 bits per heavy atom. The molecule has 49 heavy (non-hydrogen) atoms.